The van der Waals surface area contributed by atoms with Crippen LogP contribution in [0.15, 0.2) is 52.1 Å². The Labute approximate surface area is 132 Å². The monoisotopic (exact) mass is 369 g/mol. The van der Waals surface area contributed by atoms with Crippen LogP contribution in [0.3, 0.4) is 0 Å². The SMILES string of the molecule is NCc1ccc(S(=O)(=O)NCCc2ccncc2)c(Br)c1. The van der Waals surface area contributed by atoms with Gasteiger partial charge >= 0.3 is 0 Å². The number of benzene rings is 1. The maximum Gasteiger partial charge on any atom is 0.241 e. The topological polar surface area (TPSA) is 85.1 Å². The number of halogens is 1. The van der Waals surface area contributed by atoms with E-state index in [1.165, 1.54) is 0 Å². The molecule has 5 nitrogen and oxygen atoms in total. The van der Waals surface area contributed by atoms with Gasteiger partial charge in [0.2, 0.25) is 10.0 Å². The Morgan fingerprint density at radius 2 is 1.86 bits per heavy atom. The van der Waals surface area contributed by atoms with Crippen LogP contribution >= 0.6 is 15.9 Å². The molecule has 2 rings (SSSR count). The Bertz CT molecular complexity index is 705. The molecule has 0 atom stereocenters. The Balaban J connectivity index is 2.05. The summed E-state index contributed by atoms with van der Waals surface area (Å²) >= 11 is 3.28. The van der Waals surface area contributed by atoms with Crippen LogP contribution in [0, 0.1) is 0 Å². The molecule has 3 N–H and O–H groups in total. The molecular weight excluding hydrogens is 354 g/mol. The van der Waals surface area contributed by atoms with E-state index in [1.54, 1.807) is 30.6 Å². The number of nitrogens with one attached hydrogen (secondary N) is 1. The van der Waals surface area contributed by atoms with Crippen molar-refractivity contribution in [3.8, 4) is 0 Å². The van der Waals surface area contributed by atoms with E-state index in [2.05, 4.69) is 25.6 Å². The van der Waals surface area contributed by atoms with Gasteiger partial charge in [0.15, 0.2) is 0 Å². The third-order valence-corrected chi connectivity index (χ3v) is 5.41. The molecule has 1 aromatic heterocycles. The van der Waals surface area contributed by atoms with Crippen molar-refractivity contribution in [2.75, 3.05) is 6.54 Å². The smallest absolute Gasteiger partial charge is 0.241 e. The van der Waals surface area contributed by atoms with Gasteiger partial charge in [-0.3, -0.25) is 4.98 Å². The number of hydrogen-bond acceptors (Lipinski definition) is 4. The number of nitrogens with zero attached hydrogens (tertiary/aromatic N) is 1. The summed E-state index contributed by atoms with van der Waals surface area (Å²) < 4.78 is 27.6. The maximum atomic E-state index is 12.3. The van der Waals surface area contributed by atoms with Crippen molar-refractivity contribution >= 4 is 26.0 Å². The molecule has 0 unspecified atom stereocenters. The van der Waals surface area contributed by atoms with Crippen LogP contribution in [0.4, 0.5) is 0 Å². The van der Waals surface area contributed by atoms with Gasteiger partial charge in [0, 0.05) is 30.0 Å². The summed E-state index contributed by atoms with van der Waals surface area (Å²) in [5, 5.41) is 0. The molecule has 0 saturated heterocycles. The molecule has 0 spiro atoms. The summed E-state index contributed by atoms with van der Waals surface area (Å²) in [5.41, 5.74) is 7.44. The molecule has 7 heteroatoms. The summed E-state index contributed by atoms with van der Waals surface area (Å²) in [5.74, 6) is 0. The Hall–Kier alpha value is -1.28. The van der Waals surface area contributed by atoms with E-state index in [0.717, 1.165) is 11.1 Å². The quantitative estimate of drug-likeness (QED) is 0.813. The van der Waals surface area contributed by atoms with Gasteiger partial charge in [-0.1, -0.05) is 6.07 Å². The molecule has 0 saturated carbocycles. The highest BCUT2D eigenvalue weighted by Crippen LogP contribution is 2.23. The van der Waals surface area contributed by atoms with E-state index in [0.29, 0.717) is 24.0 Å². The van der Waals surface area contributed by atoms with Crippen molar-refractivity contribution in [1.82, 2.24) is 9.71 Å². The van der Waals surface area contributed by atoms with E-state index in [9.17, 15) is 8.42 Å². The molecule has 0 bridgehead atoms. The molecule has 0 fully saturated rings. The van der Waals surface area contributed by atoms with Gasteiger partial charge in [0.1, 0.15) is 0 Å². The number of hydrogen-bond donors (Lipinski definition) is 2. The van der Waals surface area contributed by atoms with Crippen LogP contribution in [0.2, 0.25) is 0 Å². The van der Waals surface area contributed by atoms with Gasteiger partial charge < -0.3 is 5.73 Å². The second kappa shape index (κ2) is 7.13. The Morgan fingerprint density at radius 1 is 1.14 bits per heavy atom. The van der Waals surface area contributed by atoms with Crippen molar-refractivity contribution in [3.63, 3.8) is 0 Å². The zero-order valence-corrected chi connectivity index (χ0v) is 13.7. The van der Waals surface area contributed by atoms with Gasteiger partial charge in [-0.2, -0.15) is 0 Å². The first kappa shape index (κ1) is 16.1. The molecule has 21 heavy (non-hydrogen) atoms. The van der Waals surface area contributed by atoms with Gasteiger partial charge in [0.05, 0.1) is 4.90 Å². The third kappa shape index (κ3) is 4.34. The van der Waals surface area contributed by atoms with Crippen LogP contribution in [-0.2, 0) is 23.0 Å². The predicted octanol–water partition coefficient (Wildman–Crippen LogP) is 1.82. The highest BCUT2D eigenvalue weighted by atomic mass is 79.9. The lowest BCUT2D eigenvalue weighted by molar-refractivity contribution is 0.581. The zero-order chi connectivity index (χ0) is 15.3. The van der Waals surface area contributed by atoms with Gasteiger partial charge in [0.25, 0.3) is 0 Å². The summed E-state index contributed by atoms with van der Waals surface area (Å²) in [4.78, 5) is 4.14. The van der Waals surface area contributed by atoms with Crippen LogP contribution in [-0.4, -0.2) is 19.9 Å². The van der Waals surface area contributed by atoms with Crippen molar-refractivity contribution < 1.29 is 8.42 Å². The third-order valence-electron chi connectivity index (χ3n) is 2.98. The highest BCUT2D eigenvalue weighted by Gasteiger charge is 2.17. The molecule has 0 aliphatic carbocycles. The summed E-state index contributed by atoms with van der Waals surface area (Å²) in [6, 6.07) is 8.71. The molecule has 0 radical (unpaired) electrons. The number of sulfonamides is 1. The van der Waals surface area contributed by atoms with E-state index >= 15 is 0 Å². The minimum atomic E-state index is -3.54. The maximum absolute atomic E-state index is 12.3. The van der Waals surface area contributed by atoms with Crippen molar-refractivity contribution in [2.24, 2.45) is 5.73 Å². The standard InChI is InChI=1S/C14H16BrN3O2S/c15-13-9-12(10-16)1-2-14(13)21(19,20)18-8-5-11-3-6-17-7-4-11/h1-4,6-7,9,18H,5,8,10,16H2. The summed E-state index contributed by atoms with van der Waals surface area (Å²) in [7, 11) is -3.54. The lowest BCUT2D eigenvalue weighted by Crippen LogP contribution is -2.26. The minimum Gasteiger partial charge on any atom is -0.326 e. The average molecular weight is 370 g/mol. The molecule has 1 aromatic carbocycles. The number of aromatic nitrogens is 1. The summed E-state index contributed by atoms with van der Waals surface area (Å²) in [6.07, 6.45) is 3.98. The second-order valence-corrected chi connectivity index (χ2v) is 7.06. The first-order valence-corrected chi connectivity index (χ1v) is 8.67. The second-order valence-electron chi connectivity index (χ2n) is 4.47. The van der Waals surface area contributed by atoms with Gasteiger partial charge in [-0.25, -0.2) is 13.1 Å². The van der Waals surface area contributed by atoms with Crippen molar-refractivity contribution in [2.45, 2.75) is 17.9 Å². The van der Waals surface area contributed by atoms with E-state index in [4.69, 9.17) is 5.73 Å². The minimum absolute atomic E-state index is 0.217. The normalized spacial score (nSPS) is 11.5. The lowest BCUT2D eigenvalue weighted by Gasteiger charge is -2.09. The van der Waals surface area contributed by atoms with E-state index < -0.39 is 10.0 Å². The zero-order valence-electron chi connectivity index (χ0n) is 11.3. The van der Waals surface area contributed by atoms with Crippen LogP contribution in [0.25, 0.3) is 0 Å². The van der Waals surface area contributed by atoms with Crippen LogP contribution in [0.1, 0.15) is 11.1 Å². The fourth-order valence-electron chi connectivity index (χ4n) is 1.85. The van der Waals surface area contributed by atoms with Crippen molar-refractivity contribution in [1.29, 1.82) is 0 Å². The van der Waals surface area contributed by atoms with E-state index in [1.807, 2.05) is 12.1 Å². The average Bonchev–Trinajstić information content (AvgIpc) is 2.47. The molecule has 1 heterocycles. The van der Waals surface area contributed by atoms with Crippen molar-refractivity contribution in [3.05, 3.63) is 58.3 Å². The lowest BCUT2D eigenvalue weighted by atomic mass is 10.2. The summed E-state index contributed by atoms with van der Waals surface area (Å²) in [6.45, 7) is 0.700. The number of pyridine rings is 1. The molecule has 0 aliphatic rings. The molecular formula is C14H16BrN3O2S. The van der Waals surface area contributed by atoms with E-state index in [-0.39, 0.29) is 4.90 Å². The Kier molecular flexibility index (Phi) is 5.46. The largest absolute Gasteiger partial charge is 0.326 e. The first-order chi connectivity index (χ1) is 10.0. The molecule has 2 aromatic rings. The van der Waals surface area contributed by atoms with Gasteiger partial charge in [-0.15, -0.1) is 0 Å². The molecule has 0 amide bonds. The number of rotatable bonds is 6. The molecule has 112 valence electrons. The Morgan fingerprint density at radius 3 is 2.48 bits per heavy atom. The van der Waals surface area contributed by atoms with Crippen LogP contribution < -0.4 is 10.5 Å². The number of nitrogens with two attached hydrogens (primary N) is 1. The van der Waals surface area contributed by atoms with Crippen LogP contribution in [0.5, 0.6) is 0 Å². The predicted molar refractivity (Wildman–Crippen MR) is 85.2 cm³/mol. The first-order valence-electron chi connectivity index (χ1n) is 6.40. The fraction of sp³-hybridized carbons (Fsp3) is 0.214. The fourth-order valence-corrected chi connectivity index (χ4v) is 4.00. The molecule has 0 aliphatic heterocycles. The van der Waals surface area contributed by atoms with Gasteiger partial charge in [-0.05, 0) is 57.7 Å². The highest BCUT2D eigenvalue weighted by molar-refractivity contribution is 9.10.